The van der Waals surface area contributed by atoms with Crippen molar-refractivity contribution in [3.63, 3.8) is 0 Å². The molecule has 0 fully saturated rings. The number of ketones is 1. The standard InChI is InChI=1S/C14H11Cl2NO/c1-9(12-7-2-3-8-17-12)14(18)13-10(15)5-4-6-11(13)16/h2-9H,1H3. The number of Topliss-reactive ketones (excluding diaryl/α,β-unsaturated/α-hetero) is 1. The Morgan fingerprint density at radius 2 is 1.78 bits per heavy atom. The lowest BCUT2D eigenvalue weighted by molar-refractivity contribution is 0.0965. The minimum atomic E-state index is -0.372. The molecule has 1 atom stereocenters. The van der Waals surface area contributed by atoms with Gasteiger partial charge in [0.2, 0.25) is 0 Å². The highest BCUT2D eigenvalue weighted by molar-refractivity contribution is 6.40. The zero-order chi connectivity index (χ0) is 13.1. The van der Waals surface area contributed by atoms with Crippen LogP contribution in [0, 0.1) is 0 Å². The molecule has 0 amide bonds. The molecule has 0 saturated heterocycles. The number of halogens is 2. The molecule has 1 aromatic heterocycles. The maximum Gasteiger partial charge on any atom is 0.174 e. The van der Waals surface area contributed by atoms with Gasteiger partial charge in [-0.15, -0.1) is 0 Å². The Balaban J connectivity index is 2.38. The normalized spacial score (nSPS) is 12.2. The summed E-state index contributed by atoms with van der Waals surface area (Å²) in [5, 5.41) is 0.741. The van der Waals surface area contributed by atoms with Crippen LogP contribution < -0.4 is 0 Å². The van der Waals surface area contributed by atoms with Gasteiger partial charge in [0.25, 0.3) is 0 Å². The summed E-state index contributed by atoms with van der Waals surface area (Å²) in [6, 6.07) is 10.5. The second kappa shape index (κ2) is 5.51. The van der Waals surface area contributed by atoms with Gasteiger partial charge in [-0.05, 0) is 31.2 Å². The fourth-order valence-corrected chi connectivity index (χ4v) is 2.30. The first-order valence-corrected chi connectivity index (χ1v) is 6.26. The van der Waals surface area contributed by atoms with Crippen LogP contribution in [0.2, 0.25) is 10.0 Å². The molecule has 0 radical (unpaired) electrons. The van der Waals surface area contributed by atoms with E-state index in [1.807, 2.05) is 18.2 Å². The van der Waals surface area contributed by atoms with E-state index in [2.05, 4.69) is 4.98 Å². The lowest BCUT2D eigenvalue weighted by Crippen LogP contribution is -2.12. The van der Waals surface area contributed by atoms with E-state index in [0.29, 0.717) is 21.3 Å². The number of aromatic nitrogens is 1. The number of nitrogens with zero attached hydrogens (tertiary/aromatic N) is 1. The van der Waals surface area contributed by atoms with Gasteiger partial charge in [0.1, 0.15) is 0 Å². The van der Waals surface area contributed by atoms with Crippen molar-refractivity contribution in [3.8, 4) is 0 Å². The van der Waals surface area contributed by atoms with E-state index in [0.717, 1.165) is 0 Å². The molecular weight excluding hydrogens is 269 g/mol. The third-order valence-electron chi connectivity index (χ3n) is 2.73. The Morgan fingerprint density at radius 1 is 1.11 bits per heavy atom. The molecule has 18 heavy (non-hydrogen) atoms. The van der Waals surface area contributed by atoms with Crippen molar-refractivity contribution in [2.75, 3.05) is 0 Å². The van der Waals surface area contributed by atoms with Gasteiger partial charge in [-0.2, -0.15) is 0 Å². The third-order valence-corrected chi connectivity index (χ3v) is 3.36. The molecule has 1 aromatic carbocycles. The molecular formula is C14H11Cl2NO. The Kier molecular flexibility index (Phi) is 4.00. The molecule has 0 aliphatic rings. The van der Waals surface area contributed by atoms with Crippen LogP contribution in [0.3, 0.4) is 0 Å². The van der Waals surface area contributed by atoms with E-state index >= 15 is 0 Å². The SMILES string of the molecule is CC(C(=O)c1c(Cl)cccc1Cl)c1ccccn1. The average Bonchev–Trinajstić information content (AvgIpc) is 2.38. The van der Waals surface area contributed by atoms with Gasteiger partial charge in [-0.1, -0.05) is 35.3 Å². The molecule has 1 unspecified atom stereocenters. The van der Waals surface area contributed by atoms with Gasteiger partial charge in [-0.25, -0.2) is 0 Å². The topological polar surface area (TPSA) is 30.0 Å². The van der Waals surface area contributed by atoms with Gasteiger partial charge in [-0.3, -0.25) is 9.78 Å². The molecule has 2 rings (SSSR count). The van der Waals surface area contributed by atoms with E-state index in [1.165, 1.54) is 0 Å². The smallest absolute Gasteiger partial charge is 0.174 e. The summed E-state index contributed by atoms with van der Waals surface area (Å²) in [6.45, 7) is 1.80. The maximum atomic E-state index is 12.4. The van der Waals surface area contributed by atoms with Gasteiger partial charge >= 0.3 is 0 Å². The molecule has 4 heteroatoms. The van der Waals surface area contributed by atoms with Crippen LogP contribution in [0.5, 0.6) is 0 Å². The molecule has 1 heterocycles. The predicted octanol–water partition coefficient (Wildman–Crippen LogP) is 4.37. The highest BCUT2D eigenvalue weighted by Crippen LogP contribution is 2.29. The van der Waals surface area contributed by atoms with Crippen LogP contribution >= 0.6 is 23.2 Å². The highest BCUT2D eigenvalue weighted by Gasteiger charge is 2.22. The number of hydrogen-bond donors (Lipinski definition) is 0. The molecule has 0 saturated carbocycles. The molecule has 0 aliphatic carbocycles. The second-order valence-corrected chi connectivity index (χ2v) is 4.75. The van der Waals surface area contributed by atoms with Gasteiger partial charge < -0.3 is 0 Å². The number of carbonyl (C=O) groups excluding carboxylic acids is 1. The largest absolute Gasteiger partial charge is 0.293 e. The minimum absolute atomic E-state index is 0.121. The van der Waals surface area contributed by atoms with Crippen LogP contribution in [0.25, 0.3) is 0 Å². The van der Waals surface area contributed by atoms with Crippen LogP contribution in [-0.4, -0.2) is 10.8 Å². The van der Waals surface area contributed by atoms with Crippen molar-refractivity contribution in [1.29, 1.82) is 0 Å². The Hall–Kier alpha value is -1.38. The van der Waals surface area contributed by atoms with Crippen molar-refractivity contribution < 1.29 is 4.79 Å². The fraction of sp³-hybridized carbons (Fsp3) is 0.143. The minimum Gasteiger partial charge on any atom is -0.293 e. The molecule has 0 bridgehead atoms. The lowest BCUT2D eigenvalue weighted by Gasteiger charge is -2.12. The zero-order valence-corrected chi connectivity index (χ0v) is 11.2. The quantitative estimate of drug-likeness (QED) is 0.781. The van der Waals surface area contributed by atoms with E-state index in [-0.39, 0.29) is 11.7 Å². The number of rotatable bonds is 3. The average molecular weight is 280 g/mol. The molecule has 2 aromatic rings. The van der Waals surface area contributed by atoms with Crippen molar-refractivity contribution >= 4 is 29.0 Å². The van der Waals surface area contributed by atoms with Crippen LogP contribution in [0.4, 0.5) is 0 Å². The molecule has 0 N–H and O–H groups in total. The number of carbonyl (C=O) groups is 1. The molecule has 2 nitrogen and oxygen atoms in total. The van der Waals surface area contributed by atoms with E-state index in [9.17, 15) is 4.79 Å². The first-order chi connectivity index (χ1) is 8.61. The summed E-state index contributed by atoms with van der Waals surface area (Å²) >= 11 is 12.1. The Morgan fingerprint density at radius 3 is 2.33 bits per heavy atom. The van der Waals surface area contributed by atoms with Crippen molar-refractivity contribution in [3.05, 3.63) is 63.9 Å². The first-order valence-electron chi connectivity index (χ1n) is 5.50. The lowest BCUT2D eigenvalue weighted by atomic mass is 9.96. The van der Waals surface area contributed by atoms with Crippen LogP contribution in [0.15, 0.2) is 42.6 Å². The number of hydrogen-bond acceptors (Lipinski definition) is 2. The number of benzene rings is 1. The van der Waals surface area contributed by atoms with Gasteiger partial charge in [0.15, 0.2) is 5.78 Å². The molecule has 0 spiro atoms. The molecule has 92 valence electrons. The predicted molar refractivity (Wildman–Crippen MR) is 73.4 cm³/mol. The monoisotopic (exact) mass is 279 g/mol. The van der Waals surface area contributed by atoms with Crippen molar-refractivity contribution in [2.24, 2.45) is 0 Å². The highest BCUT2D eigenvalue weighted by atomic mass is 35.5. The summed E-state index contributed by atoms with van der Waals surface area (Å²) in [6.07, 6.45) is 1.66. The van der Waals surface area contributed by atoms with Gasteiger partial charge in [0.05, 0.1) is 27.2 Å². The van der Waals surface area contributed by atoms with Crippen LogP contribution in [0.1, 0.15) is 28.9 Å². The van der Waals surface area contributed by atoms with E-state index in [4.69, 9.17) is 23.2 Å². The zero-order valence-electron chi connectivity index (χ0n) is 9.73. The van der Waals surface area contributed by atoms with Gasteiger partial charge in [0, 0.05) is 6.20 Å². The van der Waals surface area contributed by atoms with Crippen molar-refractivity contribution in [2.45, 2.75) is 12.8 Å². The molecule has 0 aliphatic heterocycles. The Bertz CT molecular complexity index is 549. The summed E-state index contributed by atoms with van der Waals surface area (Å²) < 4.78 is 0. The summed E-state index contributed by atoms with van der Waals surface area (Å²) in [7, 11) is 0. The van der Waals surface area contributed by atoms with E-state index in [1.54, 1.807) is 31.3 Å². The summed E-state index contributed by atoms with van der Waals surface area (Å²) in [5.41, 5.74) is 1.07. The fourth-order valence-electron chi connectivity index (χ4n) is 1.72. The summed E-state index contributed by atoms with van der Waals surface area (Å²) in [5.74, 6) is -0.493. The Labute approximate surface area is 116 Å². The maximum absolute atomic E-state index is 12.4. The first kappa shape index (κ1) is 13.1. The second-order valence-electron chi connectivity index (χ2n) is 3.94. The van der Waals surface area contributed by atoms with Crippen molar-refractivity contribution in [1.82, 2.24) is 4.98 Å². The third kappa shape index (κ3) is 2.55. The summed E-state index contributed by atoms with van der Waals surface area (Å²) in [4.78, 5) is 16.6. The number of pyridine rings is 1. The van der Waals surface area contributed by atoms with Crippen LogP contribution in [-0.2, 0) is 0 Å². The van der Waals surface area contributed by atoms with E-state index < -0.39 is 0 Å².